The van der Waals surface area contributed by atoms with Gasteiger partial charge in [-0.3, -0.25) is 14.9 Å². The molecular weight excluding hydrogens is 442 g/mol. The molecule has 2 amide bonds. The second-order valence-corrected chi connectivity index (χ2v) is 11.6. The van der Waals surface area contributed by atoms with Gasteiger partial charge in [0.1, 0.15) is 6.10 Å². The van der Waals surface area contributed by atoms with Gasteiger partial charge in [-0.05, 0) is 60.3 Å². The minimum absolute atomic E-state index is 0.0148. The van der Waals surface area contributed by atoms with Gasteiger partial charge in [0.15, 0.2) is 6.10 Å². The van der Waals surface area contributed by atoms with Gasteiger partial charge in [0.2, 0.25) is 11.8 Å². The number of amides is 2. The number of benzene rings is 1. The Bertz CT molecular complexity index is 986. The normalized spacial score (nSPS) is 31.9. The third-order valence-electron chi connectivity index (χ3n) is 9.06. The topological polar surface area (TPSA) is 81.7 Å². The highest BCUT2D eigenvalue weighted by Crippen LogP contribution is 2.62. The minimum Gasteiger partial charge on any atom is -0.459 e. The van der Waals surface area contributed by atoms with Crippen molar-refractivity contribution in [2.45, 2.75) is 77.9 Å². The van der Waals surface area contributed by atoms with Crippen LogP contribution in [-0.2, 0) is 23.9 Å². The molecule has 0 unspecified atom stereocenters. The van der Waals surface area contributed by atoms with E-state index in [1.165, 1.54) is 19.1 Å². The predicted octanol–water partition coefficient (Wildman–Crippen LogP) is 5.14. The minimum atomic E-state index is -0.898. The van der Waals surface area contributed by atoms with Crippen LogP contribution in [0.3, 0.4) is 0 Å². The van der Waals surface area contributed by atoms with E-state index in [4.69, 9.17) is 9.47 Å². The number of allylic oxidation sites excluding steroid dienone is 1. The van der Waals surface area contributed by atoms with Gasteiger partial charge in [-0.25, -0.2) is 4.79 Å². The summed E-state index contributed by atoms with van der Waals surface area (Å²) in [5, 5.41) is 2.40. The molecule has 190 valence electrons. The number of carbonyl (C=O) groups excluding carboxylic acids is 3. The zero-order valence-corrected chi connectivity index (χ0v) is 21.5. The summed E-state index contributed by atoms with van der Waals surface area (Å²) >= 11 is 0. The highest BCUT2D eigenvalue weighted by molar-refractivity contribution is 6.03. The van der Waals surface area contributed by atoms with E-state index in [1.807, 2.05) is 30.3 Å². The van der Waals surface area contributed by atoms with E-state index in [2.05, 4.69) is 32.7 Å². The fraction of sp³-hybridized carbons (Fsp3) is 0.621. The van der Waals surface area contributed by atoms with Crippen LogP contribution in [0, 0.1) is 28.6 Å². The summed E-state index contributed by atoms with van der Waals surface area (Å²) in [7, 11) is 1.47. The number of esters is 1. The van der Waals surface area contributed by atoms with Crippen LogP contribution in [0.2, 0.25) is 0 Å². The Balaban J connectivity index is 1.63. The number of imide groups is 1. The summed E-state index contributed by atoms with van der Waals surface area (Å²) in [5.74, 6) is -1.28. The molecule has 6 heteroatoms. The van der Waals surface area contributed by atoms with Crippen molar-refractivity contribution in [3.05, 3.63) is 48.0 Å². The average molecular weight is 482 g/mol. The molecule has 35 heavy (non-hydrogen) atoms. The number of fused-ring (bicyclic) bond motifs is 1. The van der Waals surface area contributed by atoms with Gasteiger partial charge < -0.3 is 9.47 Å². The van der Waals surface area contributed by atoms with Crippen LogP contribution in [0.15, 0.2) is 42.5 Å². The maximum absolute atomic E-state index is 13.3. The van der Waals surface area contributed by atoms with Gasteiger partial charge >= 0.3 is 5.97 Å². The molecule has 0 radical (unpaired) electrons. The molecule has 6 nitrogen and oxygen atoms in total. The molecular formula is C29H39NO5. The Hall–Kier alpha value is -2.47. The fourth-order valence-electron chi connectivity index (χ4n) is 7.32. The van der Waals surface area contributed by atoms with Crippen LogP contribution in [-0.4, -0.2) is 31.0 Å². The van der Waals surface area contributed by atoms with Crippen LogP contribution < -0.4 is 5.32 Å². The Morgan fingerprint density at radius 1 is 1.17 bits per heavy atom. The lowest BCUT2D eigenvalue weighted by Gasteiger charge is -2.58. The first kappa shape index (κ1) is 25.6. The predicted molar refractivity (Wildman–Crippen MR) is 133 cm³/mol. The fourth-order valence-corrected chi connectivity index (χ4v) is 7.32. The number of nitrogens with one attached hydrogen (secondary N) is 1. The highest BCUT2D eigenvalue weighted by atomic mass is 16.6. The van der Waals surface area contributed by atoms with E-state index < -0.39 is 24.1 Å². The van der Waals surface area contributed by atoms with E-state index in [0.717, 1.165) is 25.7 Å². The maximum Gasteiger partial charge on any atom is 0.340 e. The summed E-state index contributed by atoms with van der Waals surface area (Å²) in [6.07, 6.45) is 4.40. The molecule has 0 spiro atoms. The molecule has 4 rings (SSSR count). The van der Waals surface area contributed by atoms with Gasteiger partial charge in [-0.2, -0.15) is 0 Å². The van der Waals surface area contributed by atoms with Crippen molar-refractivity contribution in [1.82, 2.24) is 5.32 Å². The molecule has 2 saturated carbocycles. The first-order chi connectivity index (χ1) is 16.6. The number of ether oxygens (including phenoxy) is 2. The number of hydrogen-bond donors (Lipinski definition) is 1. The second kappa shape index (κ2) is 9.88. The summed E-state index contributed by atoms with van der Waals surface area (Å²) in [5.41, 5.74) is 2.10. The number of rotatable bonds is 7. The lowest BCUT2D eigenvalue weighted by molar-refractivity contribution is -0.168. The molecule has 3 aliphatic rings. The van der Waals surface area contributed by atoms with Crippen LogP contribution in [0.25, 0.3) is 0 Å². The van der Waals surface area contributed by atoms with Crippen molar-refractivity contribution >= 4 is 17.8 Å². The van der Waals surface area contributed by atoms with E-state index >= 15 is 0 Å². The van der Waals surface area contributed by atoms with Gasteiger partial charge in [0.25, 0.3) is 0 Å². The number of carbonyl (C=O) groups is 3. The van der Waals surface area contributed by atoms with E-state index in [0.29, 0.717) is 17.9 Å². The molecule has 1 N–H and O–H groups in total. The molecule has 1 aromatic rings. The van der Waals surface area contributed by atoms with E-state index in [9.17, 15) is 14.4 Å². The first-order valence-electron chi connectivity index (χ1n) is 12.9. The lowest BCUT2D eigenvalue weighted by atomic mass is 9.47. The van der Waals surface area contributed by atoms with E-state index in [-0.39, 0.29) is 35.0 Å². The highest BCUT2D eigenvalue weighted by Gasteiger charge is 2.54. The van der Waals surface area contributed by atoms with Crippen LogP contribution in [0.5, 0.6) is 0 Å². The van der Waals surface area contributed by atoms with Crippen molar-refractivity contribution in [3.8, 4) is 0 Å². The summed E-state index contributed by atoms with van der Waals surface area (Å²) in [4.78, 5) is 38.1. The molecule has 1 heterocycles. The van der Waals surface area contributed by atoms with Crippen molar-refractivity contribution in [3.63, 3.8) is 0 Å². The Morgan fingerprint density at radius 3 is 2.51 bits per heavy atom. The van der Waals surface area contributed by atoms with Crippen molar-refractivity contribution < 1.29 is 23.9 Å². The molecule has 1 aromatic carbocycles. The summed E-state index contributed by atoms with van der Waals surface area (Å²) in [6, 6.07) is 9.18. The standard InChI is InChI=1S/C29H39NO5/c1-18-12-13-23-28(2,3)14-9-15-29(23,4)21(18)17-22(20-16-24(31)30-26(20)32)35-27(33)25(34-5)19-10-7-6-8-11-19/h6-8,10-11,20-23,25H,1,9,12-17H2,2-5H3,(H,30,31,32)/t20-,21+,22+,23+,25-,29-/m1/s1. The van der Waals surface area contributed by atoms with Gasteiger partial charge in [-0.15, -0.1) is 0 Å². The Morgan fingerprint density at radius 2 is 1.89 bits per heavy atom. The van der Waals surface area contributed by atoms with Crippen molar-refractivity contribution in [1.29, 1.82) is 0 Å². The van der Waals surface area contributed by atoms with Crippen LogP contribution >= 0.6 is 0 Å². The van der Waals surface area contributed by atoms with E-state index in [1.54, 1.807) is 0 Å². The first-order valence-corrected chi connectivity index (χ1v) is 12.9. The molecule has 1 aliphatic heterocycles. The second-order valence-electron chi connectivity index (χ2n) is 11.6. The molecule has 1 saturated heterocycles. The van der Waals surface area contributed by atoms with Crippen molar-refractivity contribution in [2.24, 2.45) is 28.6 Å². The average Bonchev–Trinajstić information content (AvgIpc) is 3.14. The third-order valence-corrected chi connectivity index (χ3v) is 9.06. The largest absolute Gasteiger partial charge is 0.459 e. The Kier molecular flexibility index (Phi) is 7.23. The van der Waals surface area contributed by atoms with Gasteiger partial charge in [0, 0.05) is 13.5 Å². The lowest BCUT2D eigenvalue weighted by Crippen LogP contribution is -2.51. The third kappa shape index (κ3) is 4.95. The van der Waals surface area contributed by atoms with Crippen LogP contribution in [0.1, 0.15) is 77.4 Å². The maximum atomic E-state index is 13.3. The molecule has 2 aliphatic carbocycles. The zero-order chi connectivity index (χ0) is 25.4. The van der Waals surface area contributed by atoms with Crippen LogP contribution in [0.4, 0.5) is 0 Å². The quantitative estimate of drug-likeness (QED) is 0.331. The zero-order valence-electron chi connectivity index (χ0n) is 21.5. The van der Waals surface area contributed by atoms with Gasteiger partial charge in [0.05, 0.1) is 5.92 Å². The summed E-state index contributed by atoms with van der Waals surface area (Å²) < 4.78 is 11.6. The Labute approximate surface area is 208 Å². The number of methoxy groups -OCH3 is 1. The molecule has 3 fully saturated rings. The smallest absolute Gasteiger partial charge is 0.340 e. The van der Waals surface area contributed by atoms with Crippen molar-refractivity contribution in [2.75, 3.05) is 7.11 Å². The monoisotopic (exact) mass is 481 g/mol. The molecule has 0 aromatic heterocycles. The summed E-state index contributed by atoms with van der Waals surface area (Å²) in [6.45, 7) is 11.5. The number of hydrogen-bond acceptors (Lipinski definition) is 5. The molecule has 0 bridgehead atoms. The van der Waals surface area contributed by atoms with Gasteiger partial charge in [-0.1, -0.05) is 69.7 Å². The SMILES string of the molecule is C=C1CC[C@H]2C(C)(C)CCC[C@]2(C)[C@H]1C[C@H](OC(=O)[C@H](OC)c1ccccc1)[C@H]1CC(=O)NC1=O. The molecule has 6 atom stereocenters.